The molecule has 4 heteroatoms. The minimum absolute atomic E-state index is 0.00894. The Morgan fingerprint density at radius 3 is 2.89 bits per heavy atom. The Bertz CT molecular complexity index is 705. The van der Waals surface area contributed by atoms with Crippen molar-refractivity contribution >= 4 is 21.4 Å². The van der Waals surface area contributed by atoms with E-state index >= 15 is 0 Å². The van der Waals surface area contributed by atoms with Crippen LogP contribution in [0.25, 0.3) is 10.1 Å². The SMILES string of the molecule is Cc1cnccc1C(NN)c1cccc2ccsc12. The van der Waals surface area contributed by atoms with Crippen LogP contribution in [0.5, 0.6) is 0 Å². The summed E-state index contributed by atoms with van der Waals surface area (Å²) in [6, 6.07) is 10.5. The molecular formula is C15H15N3S. The number of hydrazine groups is 1. The predicted molar refractivity (Wildman–Crippen MR) is 80.0 cm³/mol. The molecule has 0 fully saturated rings. The van der Waals surface area contributed by atoms with Crippen molar-refractivity contribution in [3.63, 3.8) is 0 Å². The van der Waals surface area contributed by atoms with Crippen LogP contribution in [0.15, 0.2) is 48.1 Å². The fraction of sp³-hybridized carbons (Fsp3) is 0.133. The zero-order valence-electron chi connectivity index (χ0n) is 10.6. The van der Waals surface area contributed by atoms with E-state index in [0.29, 0.717) is 0 Å². The Balaban J connectivity index is 2.18. The number of benzene rings is 1. The first kappa shape index (κ1) is 12.3. The van der Waals surface area contributed by atoms with Gasteiger partial charge in [0.05, 0.1) is 6.04 Å². The maximum atomic E-state index is 5.80. The number of nitrogens with two attached hydrogens (primary N) is 1. The van der Waals surface area contributed by atoms with Crippen LogP contribution in [0.1, 0.15) is 22.7 Å². The molecule has 1 unspecified atom stereocenters. The standard InChI is InChI=1S/C15H15N3S/c1-10-9-17-7-5-12(10)14(18-16)13-4-2-3-11-6-8-19-15(11)13/h2-9,14,18H,16H2,1H3. The molecule has 96 valence electrons. The first-order valence-electron chi connectivity index (χ1n) is 6.14. The lowest BCUT2D eigenvalue weighted by Gasteiger charge is -2.19. The highest BCUT2D eigenvalue weighted by molar-refractivity contribution is 7.17. The van der Waals surface area contributed by atoms with Crippen molar-refractivity contribution in [3.8, 4) is 0 Å². The molecule has 0 saturated carbocycles. The van der Waals surface area contributed by atoms with Crippen LogP contribution in [-0.4, -0.2) is 4.98 Å². The summed E-state index contributed by atoms with van der Waals surface area (Å²) in [6.45, 7) is 2.06. The minimum atomic E-state index is -0.00894. The maximum Gasteiger partial charge on any atom is 0.0727 e. The van der Waals surface area contributed by atoms with E-state index in [1.165, 1.54) is 21.2 Å². The summed E-state index contributed by atoms with van der Waals surface area (Å²) in [7, 11) is 0. The molecule has 3 aromatic rings. The molecule has 0 radical (unpaired) electrons. The number of pyridine rings is 1. The van der Waals surface area contributed by atoms with E-state index < -0.39 is 0 Å². The summed E-state index contributed by atoms with van der Waals surface area (Å²) in [5.74, 6) is 5.80. The molecule has 3 rings (SSSR count). The number of hydrogen-bond donors (Lipinski definition) is 2. The number of fused-ring (bicyclic) bond motifs is 1. The Hall–Kier alpha value is -1.75. The molecule has 0 amide bonds. The third kappa shape index (κ3) is 2.14. The molecule has 0 spiro atoms. The normalized spacial score (nSPS) is 12.7. The molecule has 3 N–H and O–H groups in total. The summed E-state index contributed by atoms with van der Waals surface area (Å²) in [4.78, 5) is 4.14. The molecule has 3 nitrogen and oxygen atoms in total. The van der Waals surface area contributed by atoms with Crippen molar-refractivity contribution in [1.29, 1.82) is 0 Å². The summed E-state index contributed by atoms with van der Waals surface area (Å²) in [5, 5.41) is 3.37. The van der Waals surface area contributed by atoms with Gasteiger partial charge in [-0.1, -0.05) is 18.2 Å². The fourth-order valence-electron chi connectivity index (χ4n) is 2.40. The van der Waals surface area contributed by atoms with E-state index in [-0.39, 0.29) is 6.04 Å². The van der Waals surface area contributed by atoms with Crippen LogP contribution < -0.4 is 11.3 Å². The highest BCUT2D eigenvalue weighted by Crippen LogP contribution is 2.32. The van der Waals surface area contributed by atoms with Gasteiger partial charge in [0.1, 0.15) is 0 Å². The molecule has 0 aliphatic rings. The average Bonchev–Trinajstić information content (AvgIpc) is 2.91. The number of aromatic nitrogens is 1. The van der Waals surface area contributed by atoms with Gasteiger partial charge in [-0.15, -0.1) is 11.3 Å². The maximum absolute atomic E-state index is 5.80. The molecule has 0 saturated heterocycles. The van der Waals surface area contributed by atoms with Gasteiger partial charge in [-0.3, -0.25) is 10.8 Å². The third-order valence-electron chi connectivity index (χ3n) is 3.36. The number of aryl methyl sites for hydroxylation is 1. The largest absolute Gasteiger partial charge is 0.271 e. The highest BCUT2D eigenvalue weighted by Gasteiger charge is 2.17. The van der Waals surface area contributed by atoms with Gasteiger partial charge < -0.3 is 0 Å². The van der Waals surface area contributed by atoms with Crippen LogP contribution in [0, 0.1) is 6.92 Å². The molecule has 0 aliphatic carbocycles. The first-order chi connectivity index (χ1) is 9.31. The third-order valence-corrected chi connectivity index (χ3v) is 4.34. The quantitative estimate of drug-likeness (QED) is 0.567. The molecule has 0 aliphatic heterocycles. The van der Waals surface area contributed by atoms with Gasteiger partial charge in [0.2, 0.25) is 0 Å². The zero-order chi connectivity index (χ0) is 13.2. The van der Waals surface area contributed by atoms with E-state index in [0.717, 1.165) is 5.56 Å². The summed E-state index contributed by atoms with van der Waals surface area (Å²) < 4.78 is 1.28. The van der Waals surface area contributed by atoms with Crippen molar-refractivity contribution in [2.45, 2.75) is 13.0 Å². The summed E-state index contributed by atoms with van der Waals surface area (Å²) in [6.07, 6.45) is 3.68. The molecule has 1 aromatic carbocycles. The average molecular weight is 269 g/mol. The van der Waals surface area contributed by atoms with Crippen molar-refractivity contribution in [1.82, 2.24) is 10.4 Å². The van der Waals surface area contributed by atoms with Gasteiger partial charge >= 0.3 is 0 Å². The minimum Gasteiger partial charge on any atom is -0.271 e. The van der Waals surface area contributed by atoms with Gasteiger partial charge in [-0.25, -0.2) is 5.43 Å². The molecule has 2 aromatic heterocycles. The lowest BCUT2D eigenvalue weighted by atomic mass is 9.96. The monoisotopic (exact) mass is 269 g/mol. The zero-order valence-corrected chi connectivity index (χ0v) is 11.4. The summed E-state index contributed by atoms with van der Waals surface area (Å²) >= 11 is 1.75. The molecule has 0 bridgehead atoms. The van der Waals surface area contributed by atoms with Crippen molar-refractivity contribution in [2.24, 2.45) is 5.84 Å². The van der Waals surface area contributed by atoms with Crippen molar-refractivity contribution < 1.29 is 0 Å². The Morgan fingerprint density at radius 2 is 2.11 bits per heavy atom. The predicted octanol–water partition coefficient (Wildman–Crippen LogP) is 3.16. The smallest absolute Gasteiger partial charge is 0.0727 e. The lowest BCUT2D eigenvalue weighted by Crippen LogP contribution is -2.29. The Labute approximate surface area is 116 Å². The van der Waals surface area contributed by atoms with E-state index in [4.69, 9.17) is 5.84 Å². The van der Waals surface area contributed by atoms with Crippen LogP contribution >= 0.6 is 11.3 Å². The van der Waals surface area contributed by atoms with Gasteiger partial charge in [0, 0.05) is 17.1 Å². The number of nitrogens with one attached hydrogen (secondary N) is 1. The second kappa shape index (κ2) is 5.09. The van der Waals surface area contributed by atoms with Gasteiger partial charge in [0.25, 0.3) is 0 Å². The lowest BCUT2D eigenvalue weighted by molar-refractivity contribution is 0.637. The second-order valence-corrected chi connectivity index (χ2v) is 5.43. The van der Waals surface area contributed by atoms with E-state index in [9.17, 15) is 0 Å². The van der Waals surface area contributed by atoms with E-state index in [2.05, 4.69) is 47.0 Å². The molecule has 2 heterocycles. The second-order valence-electron chi connectivity index (χ2n) is 4.52. The van der Waals surface area contributed by atoms with Crippen LogP contribution in [0.3, 0.4) is 0 Å². The van der Waals surface area contributed by atoms with Gasteiger partial charge in [0.15, 0.2) is 0 Å². The van der Waals surface area contributed by atoms with Crippen molar-refractivity contribution in [3.05, 3.63) is 64.8 Å². The van der Waals surface area contributed by atoms with Crippen LogP contribution in [0.2, 0.25) is 0 Å². The highest BCUT2D eigenvalue weighted by atomic mass is 32.1. The number of nitrogens with zero attached hydrogens (tertiary/aromatic N) is 1. The number of rotatable bonds is 3. The van der Waals surface area contributed by atoms with E-state index in [1.807, 2.05) is 12.3 Å². The summed E-state index contributed by atoms with van der Waals surface area (Å²) in [5.41, 5.74) is 6.45. The topological polar surface area (TPSA) is 50.9 Å². The van der Waals surface area contributed by atoms with Crippen LogP contribution in [0.4, 0.5) is 0 Å². The Kier molecular flexibility index (Phi) is 3.29. The molecule has 1 atom stereocenters. The number of hydrogen-bond acceptors (Lipinski definition) is 4. The fourth-order valence-corrected chi connectivity index (χ4v) is 3.34. The number of thiophene rings is 1. The Morgan fingerprint density at radius 1 is 1.21 bits per heavy atom. The van der Waals surface area contributed by atoms with Gasteiger partial charge in [-0.2, -0.15) is 0 Å². The van der Waals surface area contributed by atoms with E-state index in [1.54, 1.807) is 17.5 Å². The van der Waals surface area contributed by atoms with Gasteiger partial charge in [-0.05, 0) is 46.5 Å². The van der Waals surface area contributed by atoms with Crippen LogP contribution in [-0.2, 0) is 0 Å². The molecular weight excluding hydrogens is 254 g/mol. The van der Waals surface area contributed by atoms with Crippen molar-refractivity contribution in [2.75, 3.05) is 0 Å². The molecule has 19 heavy (non-hydrogen) atoms. The first-order valence-corrected chi connectivity index (χ1v) is 7.02.